The molecule has 5 rings (SSSR count). The van der Waals surface area contributed by atoms with Crippen LogP contribution in [0, 0.1) is 11.6 Å². The van der Waals surface area contributed by atoms with E-state index in [2.05, 4.69) is 0 Å². The van der Waals surface area contributed by atoms with E-state index in [0.29, 0.717) is 5.82 Å². The summed E-state index contributed by atoms with van der Waals surface area (Å²) in [6.07, 6.45) is 0. The summed E-state index contributed by atoms with van der Waals surface area (Å²) in [7, 11) is 0. The van der Waals surface area contributed by atoms with E-state index in [4.69, 9.17) is 4.98 Å². The zero-order valence-electron chi connectivity index (χ0n) is 18.2. The molecule has 4 aromatic carbocycles. The van der Waals surface area contributed by atoms with E-state index >= 15 is 0 Å². The predicted octanol–water partition coefficient (Wildman–Crippen LogP) is 6.15. The van der Waals surface area contributed by atoms with Crippen LogP contribution in [0.25, 0.3) is 16.7 Å². The molecule has 0 spiro atoms. The van der Waals surface area contributed by atoms with Crippen molar-refractivity contribution in [3.8, 4) is 5.69 Å². The smallest absolute Gasteiger partial charge is 0.257 e. The first-order valence-corrected chi connectivity index (χ1v) is 10.9. The Morgan fingerprint density at radius 3 is 2.21 bits per heavy atom. The van der Waals surface area contributed by atoms with Crippen LogP contribution in [0.1, 0.15) is 21.7 Å². The molecule has 1 heterocycles. The highest BCUT2D eigenvalue weighted by atomic mass is 19.2. The number of hydrogen-bond acceptors (Lipinski definition) is 2. The Morgan fingerprint density at radius 2 is 1.44 bits per heavy atom. The summed E-state index contributed by atoms with van der Waals surface area (Å²) in [5.74, 6) is -2.19. The average Bonchev–Trinajstić information content (AvgIpc) is 3.24. The fourth-order valence-electron chi connectivity index (χ4n) is 4.06. The highest BCUT2D eigenvalue weighted by Crippen LogP contribution is 2.24. The molecule has 0 atom stereocenters. The van der Waals surface area contributed by atoms with Gasteiger partial charge < -0.3 is 4.90 Å². The number of halogens is 2. The highest BCUT2D eigenvalue weighted by Gasteiger charge is 2.24. The number of imidazole rings is 1. The Hall–Kier alpha value is -4.32. The van der Waals surface area contributed by atoms with Crippen molar-refractivity contribution in [1.82, 2.24) is 14.5 Å². The summed E-state index contributed by atoms with van der Waals surface area (Å²) in [6, 6.07) is 30.5. The Labute approximate surface area is 195 Å². The third kappa shape index (κ3) is 4.18. The number of fused-ring (bicyclic) bond motifs is 1. The second kappa shape index (κ2) is 9.27. The number of aromatic nitrogens is 2. The van der Waals surface area contributed by atoms with Gasteiger partial charge in [0.15, 0.2) is 11.6 Å². The molecule has 1 amide bonds. The van der Waals surface area contributed by atoms with Crippen molar-refractivity contribution in [3.05, 3.63) is 132 Å². The van der Waals surface area contributed by atoms with Crippen molar-refractivity contribution in [1.29, 1.82) is 0 Å². The molecule has 5 aromatic rings. The van der Waals surface area contributed by atoms with E-state index in [1.54, 1.807) is 0 Å². The molecular weight excluding hydrogens is 432 g/mol. The fraction of sp³-hybridized carbons (Fsp3) is 0.0714. The van der Waals surface area contributed by atoms with Gasteiger partial charge in [-0.3, -0.25) is 9.36 Å². The second-order valence-corrected chi connectivity index (χ2v) is 7.94. The molecule has 0 saturated carbocycles. The van der Waals surface area contributed by atoms with Crippen molar-refractivity contribution in [2.75, 3.05) is 0 Å². The van der Waals surface area contributed by atoms with E-state index in [1.165, 1.54) is 17.0 Å². The first-order valence-electron chi connectivity index (χ1n) is 10.9. The van der Waals surface area contributed by atoms with Crippen LogP contribution in [-0.2, 0) is 13.1 Å². The molecule has 0 aliphatic heterocycles. The quantitative estimate of drug-likeness (QED) is 0.309. The lowest BCUT2D eigenvalue weighted by molar-refractivity contribution is 0.0719. The van der Waals surface area contributed by atoms with Gasteiger partial charge in [0.1, 0.15) is 5.82 Å². The van der Waals surface area contributed by atoms with Gasteiger partial charge in [0.25, 0.3) is 5.91 Å². The maximum Gasteiger partial charge on any atom is 0.257 e. The van der Waals surface area contributed by atoms with Gasteiger partial charge in [-0.05, 0) is 42.0 Å². The molecule has 0 fully saturated rings. The SMILES string of the molecule is O=C(c1cccc(F)c1F)N(Cc1ccccc1)Cc1nc2ccccc2n1-c1ccccc1. The largest absolute Gasteiger partial charge is 0.327 e. The Balaban J connectivity index is 1.61. The molecular formula is C28H21F2N3O. The molecule has 0 saturated heterocycles. The number of carbonyl (C=O) groups is 1. The zero-order valence-corrected chi connectivity index (χ0v) is 18.2. The van der Waals surface area contributed by atoms with Crippen molar-refractivity contribution in [2.24, 2.45) is 0 Å². The summed E-state index contributed by atoms with van der Waals surface area (Å²) in [6.45, 7) is 0.320. The molecule has 0 N–H and O–H groups in total. The summed E-state index contributed by atoms with van der Waals surface area (Å²) < 4.78 is 30.5. The lowest BCUT2D eigenvalue weighted by Gasteiger charge is -2.23. The molecule has 4 nitrogen and oxygen atoms in total. The van der Waals surface area contributed by atoms with Crippen LogP contribution in [0.5, 0.6) is 0 Å². The highest BCUT2D eigenvalue weighted by molar-refractivity contribution is 5.94. The van der Waals surface area contributed by atoms with Crippen LogP contribution in [0.3, 0.4) is 0 Å². The molecule has 1 aromatic heterocycles. The zero-order chi connectivity index (χ0) is 23.5. The molecule has 6 heteroatoms. The Bertz CT molecular complexity index is 1450. The minimum atomic E-state index is -1.15. The van der Waals surface area contributed by atoms with Crippen LogP contribution < -0.4 is 0 Å². The Kier molecular flexibility index (Phi) is 5.87. The predicted molar refractivity (Wildman–Crippen MR) is 127 cm³/mol. The number of benzene rings is 4. The van der Waals surface area contributed by atoms with Crippen molar-refractivity contribution < 1.29 is 13.6 Å². The summed E-state index contributed by atoms with van der Waals surface area (Å²) in [5.41, 5.74) is 3.14. The van der Waals surface area contributed by atoms with Gasteiger partial charge in [-0.25, -0.2) is 13.8 Å². The van der Waals surface area contributed by atoms with Crippen molar-refractivity contribution in [2.45, 2.75) is 13.1 Å². The van der Waals surface area contributed by atoms with Crippen molar-refractivity contribution >= 4 is 16.9 Å². The third-order valence-corrected chi connectivity index (χ3v) is 5.66. The number of amides is 1. The van der Waals surface area contributed by atoms with Gasteiger partial charge in [0.2, 0.25) is 0 Å². The van der Waals surface area contributed by atoms with Gasteiger partial charge >= 0.3 is 0 Å². The number of carbonyl (C=O) groups excluding carboxylic acids is 1. The van der Waals surface area contributed by atoms with Crippen LogP contribution >= 0.6 is 0 Å². The van der Waals surface area contributed by atoms with Gasteiger partial charge in [-0.15, -0.1) is 0 Å². The number of nitrogens with zero attached hydrogens (tertiary/aromatic N) is 3. The molecule has 0 aliphatic carbocycles. The standard InChI is InChI=1S/C28H21F2N3O/c29-23-15-9-14-22(27(23)30)28(34)32(18-20-10-3-1-4-11-20)19-26-31-24-16-7-8-17-25(24)33(26)21-12-5-2-6-13-21/h1-17H,18-19H2. The van der Waals surface area contributed by atoms with Gasteiger partial charge in [-0.1, -0.05) is 66.7 Å². The topological polar surface area (TPSA) is 38.1 Å². The Morgan fingerprint density at radius 1 is 0.765 bits per heavy atom. The molecule has 0 aliphatic rings. The van der Waals surface area contributed by atoms with E-state index in [0.717, 1.165) is 28.4 Å². The van der Waals surface area contributed by atoms with Crippen LogP contribution in [-0.4, -0.2) is 20.4 Å². The van der Waals surface area contributed by atoms with Gasteiger partial charge in [0, 0.05) is 12.2 Å². The molecule has 0 unspecified atom stereocenters. The molecule has 34 heavy (non-hydrogen) atoms. The van der Waals surface area contributed by atoms with E-state index in [-0.39, 0.29) is 18.7 Å². The van der Waals surface area contributed by atoms with Crippen LogP contribution in [0.4, 0.5) is 8.78 Å². The van der Waals surface area contributed by atoms with E-state index < -0.39 is 17.5 Å². The lowest BCUT2D eigenvalue weighted by atomic mass is 10.1. The monoisotopic (exact) mass is 453 g/mol. The van der Waals surface area contributed by atoms with E-state index in [1.807, 2.05) is 89.5 Å². The van der Waals surface area contributed by atoms with Gasteiger partial charge in [-0.2, -0.15) is 0 Å². The molecule has 168 valence electrons. The van der Waals surface area contributed by atoms with Crippen molar-refractivity contribution in [3.63, 3.8) is 0 Å². The minimum Gasteiger partial charge on any atom is -0.327 e. The third-order valence-electron chi connectivity index (χ3n) is 5.66. The first kappa shape index (κ1) is 21.5. The van der Waals surface area contributed by atoms with Crippen LogP contribution in [0.15, 0.2) is 103 Å². The number of para-hydroxylation sites is 3. The second-order valence-electron chi connectivity index (χ2n) is 7.94. The van der Waals surface area contributed by atoms with Gasteiger partial charge in [0.05, 0.1) is 23.1 Å². The molecule has 0 bridgehead atoms. The maximum absolute atomic E-state index is 14.6. The minimum absolute atomic E-state index is 0.104. The normalized spacial score (nSPS) is 11.0. The number of hydrogen-bond donors (Lipinski definition) is 0. The number of rotatable bonds is 6. The maximum atomic E-state index is 14.6. The first-order chi connectivity index (χ1) is 16.6. The fourth-order valence-corrected chi connectivity index (χ4v) is 4.06. The molecule has 0 radical (unpaired) electrons. The van der Waals surface area contributed by atoms with E-state index in [9.17, 15) is 13.6 Å². The van der Waals surface area contributed by atoms with Crippen LogP contribution in [0.2, 0.25) is 0 Å². The summed E-state index contributed by atoms with van der Waals surface area (Å²) >= 11 is 0. The summed E-state index contributed by atoms with van der Waals surface area (Å²) in [5, 5.41) is 0. The average molecular weight is 453 g/mol. The lowest BCUT2D eigenvalue weighted by Crippen LogP contribution is -2.32. The summed E-state index contributed by atoms with van der Waals surface area (Å²) in [4.78, 5) is 19.8.